The molecule has 1 aliphatic rings. The van der Waals surface area contributed by atoms with Crippen molar-refractivity contribution in [3.63, 3.8) is 0 Å². The first-order valence-corrected chi connectivity index (χ1v) is 4.14. The van der Waals surface area contributed by atoms with Gasteiger partial charge in [-0.05, 0) is 18.2 Å². The van der Waals surface area contributed by atoms with Crippen molar-refractivity contribution in [1.82, 2.24) is 0 Å². The predicted molar refractivity (Wildman–Crippen MR) is 47.7 cm³/mol. The maximum Gasteiger partial charge on any atom is 0.164 e. The number of rotatable bonds is 0. The highest BCUT2D eigenvalue weighted by molar-refractivity contribution is 6.30. The largest absolute Gasteiger partial charge is 0.226 e. The minimum atomic E-state index is 0.522. The summed E-state index contributed by atoms with van der Waals surface area (Å²) in [6.07, 6.45) is 0. The molecule has 4 heteroatoms. The fourth-order valence-electron chi connectivity index (χ4n) is 1.00. The zero-order valence-corrected chi connectivity index (χ0v) is 7.47. The van der Waals surface area contributed by atoms with E-state index in [-0.39, 0.29) is 0 Å². The minimum Gasteiger partial charge on any atom is -0.226 e. The highest BCUT2D eigenvalue weighted by Gasteiger charge is 2.00. The van der Waals surface area contributed by atoms with Crippen LogP contribution in [0, 0.1) is 0 Å². The molecule has 0 amide bonds. The Morgan fingerprint density at radius 3 is 2.67 bits per heavy atom. The highest BCUT2D eigenvalue weighted by atomic mass is 35.5. The average molecular weight is 199 g/mol. The second-order valence-corrected chi connectivity index (χ2v) is 2.98. The van der Waals surface area contributed by atoms with E-state index in [0.717, 1.165) is 10.7 Å². The summed E-state index contributed by atoms with van der Waals surface area (Å²) in [4.78, 5) is 8.22. The number of fused-ring (bicyclic) bond motifs is 1. The Hall–Kier alpha value is -0.860. The van der Waals surface area contributed by atoms with Crippen LogP contribution in [0.25, 0.3) is 0 Å². The van der Waals surface area contributed by atoms with Crippen LogP contribution in [0.4, 0.5) is 0 Å². The van der Waals surface area contributed by atoms with Crippen LogP contribution in [0.3, 0.4) is 0 Å². The molecule has 1 aromatic rings. The molecule has 0 saturated carbocycles. The van der Waals surface area contributed by atoms with Gasteiger partial charge in [0.1, 0.15) is 0 Å². The van der Waals surface area contributed by atoms with E-state index >= 15 is 0 Å². The average Bonchev–Trinajstić information content (AvgIpc) is 2.46. The molecular formula is C8H4Cl2N2. The van der Waals surface area contributed by atoms with Gasteiger partial charge in [0.15, 0.2) is 5.82 Å². The summed E-state index contributed by atoms with van der Waals surface area (Å²) in [6.45, 7) is 0. The third kappa shape index (κ3) is 1.24. The van der Waals surface area contributed by atoms with E-state index < -0.39 is 0 Å². The van der Waals surface area contributed by atoms with Gasteiger partial charge < -0.3 is 0 Å². The van der Waals surface area contributed by atoms with E-state index in [1.807, 2.05) is 6.07 Å². The molecule has 0 saturated heterocycles. The van der Waals surface area contributed by atoms with Gasteiger partial charge in [0.05, 0.1) is 10.7 Å². The van der Waals surface area contributed by atoms with Crippen molar-refractivity contribution < 1.29 is 0 Å². The lowest BCUT2D eigenvalue weighted by molar-refractivity contribution is 1.24. The van der Waals surface area contributed by atoms with Crippen LogP contribution < -0.4 is 10.7 Å². The summed E-state index contributed by atoms with van der Waals surface area (Å²) in [5.41, 5.74) is 1.34. The van der Waals surface area contributed by atoms with Crippen LogP contribution in [0.15, 0.2) is 39.5 Å². The lowest BCUT2D eigenvalue weighted by Crippen LogP contribution is -2.20. The molecule has 0 N–H and O–H groups in total. The van der Waals surface area contributed by atoms with Gasteiger partial charge in [0, 0.05) is 10.6 Å². The van der Waals surface area contributed by atoms with Crippen molar-refractivity contribution in [1.29, 1.82) is 0 Å². The zero-order chi connectivity index (χ0) is 8.55. The van der Waals surface area contributed by atoms with Crippen molar-refractivity contribution in [3.05, 3.63) is 45.3 Å². The van der Waals surface area contributed by atoms with Gasteiger partial charge in [-0.25, -0.2) is 9.98 Å². The van der Waals surface area contributed by atoms with Crippen molar-refractivity contribution in [3.8, 4) is 0 Å². The standard InChI is InChI=1S/C8H4Cl2N2/c9-4-8-11-6-2-1-5(10)3-7(6)12-8/h1-4H. The molecule has 0 fully saturated rings. The molecule has 0 bridgehead atoms. The molecule has 0 unspecified atom stereocenters. The smallest absolute Gasteiger partial charge is 0.164 e. The summed E-state index contributed by atoms with van der Waals surface area (Å²) < 4.78 is 0. The monoisotopic (exact) mass is 198 g/mol. The molecule has 1 aromatic carbocycles. The van der Waals surface area contributed by atoms with E-state index in [1.54, 1.807) is 12.1 Å². The second kappa shape index (κ2) is 2.88. The molecule has 1 aliphatic heterocycles. The summed E-state index contributed by atoms with van der Waals surface area (Å²) in [7, 11) is 0. The zero-order valence-electron chi connectivity index (χ0n) is 5.96. The van der Waals surface area contributed by atoms with Gasteiger partial charge in [-0.1, -0.05) is 23.2 Å². The number of halogens is 2. The van der Waals surface area contributed by atoms with Gasteiger partial charge in [-0.2, -0.15) is 0 Å². The normalized spacial score (nSPS) is 17.0. The van der Waals surface area contributed by atoms with Crippen LogP contribution in [-0.2, 0) is 0 Å². The molecule has 0 aliphatic carbocycles. The van der Waals surface area contributed by atoms with Crippen LogP contribution in [-0.4, -0.2) is 0 Å². The van der Waals surface area contributed by atoms with E-state index in [4.69, 9.17) is 23.2 Å². The fraction of sp³-hybridized carbons (Fsp3) is 0. The minimum absolute atomic E-state index is 0.522. The first-order chi connectivity index (χ1) is 5.79. The van der Waals surface area contributed by atoms with Crippen LogP contribution in [0.2, 0.25) is 5.02 Å². The van der Waals surface area contributed by atoms with Gasteiger partial charge in [-0.3, -0.25) is 0 Å². The Labute approximate surface area is 78.9 Å². The molecule has 0 radical (unpaired) electrons. The van der Waals surface area contributed by atoms with Crippen LogP contribution in [0.1, 0.15) is 0 Å². The second-order valence-electron chi connectivity index (χ2n) is 2.32. The van der Waals surface area contributed by atoms with Crippen LogP contribution in [0.5, 0.6) is 0 Å². The van der Waals surface area contributed by atoms with Crippen molar-refractivity contribution in [2.24, 2.45) is 9.98 Å². The number of hydrogen-bond donors (Lipinski definition) is 0. The van der Waals surface area contributed by atoms with Gasteiger partial charge >= 0.3 is 0 Å². The van der Waals surface area contributed by atoms with E-state index in [9.17, 15) is 0 Å². The maximum absolute atomic E-state index is 5.76. The summed E-state index contributed by atoms with van der Waals surface area (Å²) >= 11 is 11.2. The SMILES string of the molecule is ClC=C1N=c2ccc(Cl)cc2=N1. The highest BCUT2D eigenvalue weighted by Crippen LogP contribution is 2.05. The van der Waals surface area contributed by atoms with E-state index in [1.165, 1.54) is 5.54 Å². The first kappa shape index (κ1) is 7.77. The third-order valence-corrected chi connectivity index (χ3v) is 1.94. The Kier molecular flexibility index (Phi) is 1.87. The lowest BCUT2D eigenvalue weighted by Gasteiger charge is -1.83. The van der Waals surface area contributed by atoms with Crippen molar-refractivity contribution in [2.45, 2.75) is 0 Å². The van der Waals surface area contributed by atoms with E-state index in [2.05, 4.69) is 9.98 Å². The maximum atomic E-state index is 5.76. The van der Waals surface area contributed by atoms with Crippen molar-refractivity contribution in [2.75, 3.05) is 0 Å². The molecule has 2 rings (SSSR count). The predicted octanol–water partition coefficient (Wildman–Crippen LogP) is 1.63. The molecule has 0 atom stereocenters. The molecule has 12 heavy (non-hydrogen) atoms. The Balaban J connectivity index is 2.78. The molecule has 2 nitrogen and oxygen atoms in total. The van der Waals surface area contributed by atoms with E-state index in [0.29, 0.717) is 10.8 Å². The van der Waals surface area contributed by atoms with Gasteiger partial charge in [0.2, 0.25) is 0 Å². The number of benzene rings is 1. The third-order valence-electron chi connectivity index (χ3n) is 1.51. The first-order valence-electron chi connectivity index (χ1n) is 3.33. The summed E-state index contributed by atoms with van der Waals surface area (Å²) in [6, 6.07) is 5.35. The molecule has 0 aromatic heterocycles. The molecule has 1 heterocycles. The Morgan fingerprint density at radius 1 is 1.17 bits per heavy atom. The topological polar surface area (TPSA) is 24.7 Å². The summed E-state index contributed by atoms with van der Waals surface area (Å²) in [5, 5.41) is 2.24. The summed E-state index contributed by atoms with van der Waals surface area (Å²) in [5.74, 6) is 0.522. The quantitative estimate of drug-likeness (QED) is 0.606. The Bertz CT molecular complexity index is 462. The van der Waals surface area contributed by atoms with Gasteiger partial charge in [0.25, 0.3) is 0 Å². The number of hydrogen-bond acceptors (Lipinski definition) is 2. The molecule has 0 spiro atoms. The molecule has 60 valence electrons. The Morgan fingerprint density at radius 2 is 1.92 bits per heavy atom. The van der Waals surface area contributed by atoms with Gasteiger partial charge in [-0.15, -0.1) is 0 Å². The van der Waals surface area contributed by atoms with Crippen LogP contribution >= 0.6 is 23.2 Å². The lowest BCUT2D eigenvalue weighted by atomic mass is 10.3. The molecular weight excluding hydrogens is 195 g/mol. The van der Waals surface area contributed by atoms with Crippen molar-refractivity contribution >= 4 is 23.2 Å². The fourth-order valence-corrected chi connectivity index (χ4v) is 1.27. The number of nitrogens with zero attached hydrogens (tertiary/aromatic N) is 2.